The van der Waals surface area contributed by atoms with Crippen molar-refractivity contribution in [1.29, 1.82) is 0 Å². The zero-order valence-corrected chi connectivity index (χ0v) is 16.4. The maximum absolute atomic E-state index is 12.4. The molecule has 7 nitrogen and oxygen atoms in total. The number of rotatable bonds is 7. The number of thioether (sulfide) groups is 1. The first-order valence-corrected chi connectivity index (χ1v) is 10.3. The summed E-state index contributed by atoms with van der Waals surface area (Å²) < 4.78 is 13.3. The number of para-hydroxylation sites is 1. The Labute approximate surface area is 167 Å². The maximum atomic E-state index is 12.4. The molecule has 8 heteroatoms. The van der Waals surface area contributed by atoms with Crippen molar-refractivity contribution in [3.63, 3.8) is 0 Å². The fourth-order valence-corrected chi connectivity index (χ4v) is 3.92. The van der Waals surface area contributed by atoms with Crippen LogP contribution in [0.4, 0.5) is 5.69 Å². The highest BCUT2D eigenvalue weighted by atomic mass is 32.2. The van der Waals surface area contributed by atoms with E-state index in [9.17, 15) is 4.79 Å². The van der Waals surface area contributed by atoms with E-state index in [1.54, 1.807) is 6.26 Å². The van der Waals surface area contributed by atoms with Gasteiger partial charge in [-0.3, -0.25) is 9.36 Å². The first-order chi connectivity index (χ1) is 13.7. The van der Waals surface area contributed by atoms with Crippen LogP contribution in [0.3, 0.4) is 0 Å². The molecule has 0 saturated carbocycles. The first kappa shape index (κ1) is 18.8. The average molecular weight is 398 g/mol. The smallest absolute Gasteiger partial charge is 0.234 e. The third-order valence-electron chi connectivity index (χ3n) is 4.62. The second kappa shape index (κ2) is 8.62. The van der Waals surface area contributed by atoms with Crippen LogP contribution in [-0.2, 0) is 16.1 Å². The number of hydrogen-bond donors (Lipinski definition) is 1. The van der Waals surface area contributed by atoms with Crippen molar-refractivity contribution >= 4 is 23.4 Å². The van der Waals surface area contributed by atoms with E-state index in [0.29, 0.717) is 23.3 Å². The Morgan fingerprint density at radius 2 is 2.18 bits per heavy atom. The molecule has 4 rings (SSSR count). The molecule has 1 fully saturated rings. The number of aryl methyl sites for hydroxylation is 1. The molecule has 3 heterocycles. The van der Waals surface area contributed by atoms with Crippen molar-refractivity contribution in [1.82, 2.24) is 14.8 Å². The predicted molar refractivity (Wildman–Crippen MR) is 107 cm³/mol. The summed E-state index contributed by atoms with van der Waals surface area (Å²) in [5, 5.41) is 12.2. The van der Waals surface area contributed by atoms with Crippen molar-refractivity contribution in [3.05, 3.63) is 48.2 Å². The van der Waals surface area contributed by atoms with Crippen molar-refractivity contribution in [2.24, 2.45) is 0 Å². The molecule has 1 saturated heterocycles. The van der Waals surface area contributed by atoms with Gasteiger partial charge in [-0.05, 0) is 43.5 Å². The van der Waals surface area contributed by atoms with Crippen LogP contribution >= 0.6 is 11.8 Å². The highest BCUT2D eigenvalue weighted by Crippen LogP contribution is 2.27. The number of benzene rings is 1. The molecule has 0 bridgehead atoms. The summed E-state index contributed by atoms with van der Waals surface area (Å²) >= 11 is 1.36. The molecule has 2 aromatic heterocycles. The molecule has 1 aliphatic heterocycles. The zero-order valence-electron chi connectivity index (χ0n) is 15.6. The topological polar surface area (TPSA) is 82.2 Å². The predicted octanol–water partition coefficient (Wildman–Crippen LogP) is 3.76. The highest BCUT2D eigenvalue weighted by molar-refractivity contribution is 7.99. The van der Waals surface area contributed by atoms with E-state index in [2.05, 4.69) is 15.5 Å². The highest BCUT2D eigenvalue weighted by Gasteiger charge is 2.23. The lowest BCUT2D eigenvalue weighted by molar-refractivity contribution is -0.113. The van der Waals surface area contributed by atoms with Gasteiger partial charge in [-0.2, -0.15) is 0 Å². The summed E-state index contributed by atoms with van der Waals surface area (Å²) in [5.74, 6) is 1.48. The van der Waals surface area contributed by atoms with Crippen LogP contribution in [0.25, 0.3) is 11.6 Å². The Hall–Kier alpha value is -2.58. The molecule has 1 N–H and O–H groups in total. The molecule has 1 aliphatic rings. The molecule has 0 unspecified atom stereocenters. The van der Waals surface area contributed by atoms with Crippen LogP contribution in [0.5, 0.6) is 0 Å². The molecule has 0 aliphatic carbocycles. The summed E-state index contributed by atoms with van der Waals surface area (Å²) in [6.07, 6.45) is 3.81. The van der Waals surface area contributed by atoms with E-state index in [-0.39, 0.29) is 17.8 Å². The molecule has 3 aromatic rings. The quantitative estimate of drug-likeness (QED) is 0.610. The third kappa shape index (κ3) is 4.28. The van der Waals surface area contributed by atoms with Gasteiger partial charge in [-0.15, -0.1) is 10.2 Å². The van der Waals surface area contributed by atoms with Crippen LogP contribution in [0.15, 0.2) is 52.2 Å². The largest absolute Gasteiger partial charge is 0.461 e. The lowest BCUT2D eigenvalue weighted by Crippen LogP contribution is -2.18. The number of nitrogens with zero attached hydrogens (tertiary/aromatic N) is 3. The van der Waals surface area contributed by atoms with Crippen LogP contribution in [-0.4, -0.2) is 39.1 Å². The van der Waals surface area contributed by atoms with Gasteiger partial charge in [0.1, 0.15) is 0 Å². The second-order valence-corrected chi connectivity index (χ2v) is 7.62. The maximum Gasteiger partial charge on any atom is 0.234 e. The molecular formula is C20H22N4O3S. The first-order valence-electron chi connectivity index (χ1n) is 9.27. The summed E-state index contributed by atoms with van der Waals surface area (Å²) in [6, 6.07) is 11.4. The number of carbonyl (C=O) groups excluding carboxylic acids is 1. The van der Waals surface area contributed by atoms with Gasteiger partial charge in [0.05, 0.1) is 24.7 Å². The number of anilines is 1. The van der Waals surface area contributed by atoms with Gasteiger partial charge >= 0.3 is 0 Å². The van der Waals surface area contributed by atoms with E-state index < -0.39 is 0 Å². The van der Waals surface area contributed by atoms with Crippen molar-refractivity contribution < 1.29 is 13.9 Å². The Balaban J connectivity index is 1.47. The number of carbonyl (C=O) groups is 1. The van der Waals surface area contributed by atoms with E-state index in [1.807, 2.05) is 47.9 Å². The van der Waals surface area contributed by atoms with Gasteiger partial charge in [0.2, 0.25) is 11.7 Å². The van der Waals surface area contributed by atoms with E-state index in [1.165, 1.54) is 11.8 Å². The number of furan rings is 1. The van der Waals surface area contributed by atoms with Crippen molar-refractivity contribution in [3.8, 4) is 11.6 Å². The van der Waals surface area contributed by atoms with Crippen molar-refractivity contribution in [2.75, 3.05) is 17.7 Å². The van der Waals surface area contributed by atoms with Crippen LogP contribution in [0, 0.1) is 6.92 Å². The van der Waals surface area contributed by atoms with Crippen LogP contribution in [0.1, 0.15) is 18.4 Å². The van der Waals surface area contributed by atoms with Crippen LogP contribution in [0.2, 0.25) is 0 Å². The molecule has 0 radical (unpaired) electrons. The lowest BCUT2D eigenvalue weighted by atomic mass is 10.2. The summed E-state index contributed by atoms with van der Waals surface area (Å²) in [5.41, 5.74) is 1.85. The van der Waals surface area contributed by atoms with Gasteiger partial charge in [-0.1, -0.05) is 30.0 Å². The van der Waals surface area contributed by atoms with E-state index in [4.69, 9.17) is 9.15 Å². The Bertz CT molecular complexity index is 933. The Morgan fingerprint density at radius 3 is 2.93 bits per heavy atom. The minimum Gasteiger partial charge on any atom is -0.461 e. The monoisotopic (exact) mass is 398 g/mol. The molecule has 1 amide bonds. The summed E-state index contributed by atoms with van der Waals surface area (Å²) in [6.45, 7) is 3.39. The summed E-state index contributed by atoms with van der Waals surface area (Å²) in [7, 11) is 0. The average Bonchev–Trinajstić information content (AvgIpc) is 3.44. The Kier molecular flexibility index (Phi) is 5.78. The number of amides is 1. The van der Waals surface area contributed by atoms with E-state index >= 15 is 0 Å². The number of ether oxygens (including phenoxy) is 1. The SMILES string of the molecule is Cc1ccccc1NC(=O)CSc1nnc(-c2ccco2)n1C[C@@H]1CCCO1. The standard InChI is InChI=1S/C20H22N4O3S/c1-14-6-2-3-8-16(14)21-18(25)13-28-20-23-22-19(17-9-5-11-27-17)24(20)12-15-7-4-10-26-15/h2-3,5-6,8-9,11,15H,4,7,10,12-13H2,1H3,(H,21,25)/t15-/m0/s1. The van der Waals surface area contributed by atoms with Crippen LogP contribution < -0.4 is 5.32 Å². The van der Waals surface area contributed by atoms with Gasteiger partial charge in [0.15, 0.2) is 10.9 Å². The fraction of sp³-hybridized carbons (Fsp3) is 0.350. The van der Waals surface area contributed by atoms with E-state index in [0.717, 1.165) is 30.7 Å². The lowest BCUT2D eigenvalue weighted by Gasteiger charge is -2.14. The van der Waals surface area contributed by atoms with Gasteiger partial charge < -0.3 is 14.5 Å². The molecule has 0 spiro atoms. The molecular weight excluding hydrogens is 376 g/mol. The van der Waals surface area contributed by atoms with Gasteiger partial charge in [-0.25, -0.2) is 0 Å². The van der Waals surface area contributed by atoms with Gasteiger partial charge in [0.25, 0.3) is 0 Å². The van der Waals surface area contributed by atoms with Crippen molar-refractivity contribution in [2.45, 2.75) is 37.6 Å². The third-order valence-corrected chi connectivity index (χ3v) is 5.59. The number of hydrogen-bond acceptors (Lipinski definition) is 6. The van der Waals surface area contributed by atoms with Gasteiger partial charge in [0, 0.05) is 12.3 Å². The number of nitrogens with one attached hydrogen (secondary N) is 1. The summed E-state index contributed by atoms with van der Waals surface area (Å²) in [4.78, 5) is 12.4. The zero-order chi connectivity index (χ0) is 19.3. The normalized spacial score (nSPS) is 16.4. The minimum atomic E-state index is -0.0782. The molecule has 1 atom stereocenters. The Morgan fingerprint density at radius 1 is 1.29 bits per heavy atom. The number of aromatic nitrogens is 3. The minimum absolute atomic E-state index is 0.0782. The molecule has 28 heavy (non-hydrogen) atoms. The molecule has 1 aromatic carbocycles. The molecule has 146 valence electrons. The second-order valence-electron chi connectivity index (χ2n) is 6.68. The fourth-order valence-electron chi connectivity index (χ4n) is 3.17.